The Bertz CT molecular complexity index is 1440. The number of aromatic nitrogens is 1. The van der Waals surface area contributed by atoms with E-state index in [1.54, 1.807) is 12.1 Å². The first-order valence-electron chi connectivity index (χ1n) is 11.3. The Balaban J connectivity index is 1.39. The van der Waals surface area contributed by atoms with E-state index in [0.717, 1.165) is 22.9 Å². The molecule has 0 radical (unpaired) electrons. The topological polar surface area (TPSA) is 89.4 Å². The minimum atomic E-state index is -0.540. The maximum atomic E-state index is 12.4. The lowest BCUT2D eigenvalue weighted by Gasteiger charge is -2.09. The van der Waals surface area contributed by atoms with Crippen molar-refractivity contribution in [2.75, 3.05) is 11.9 Å². The first-order valence-corrected chi connectivity index (χ1v) is 11.3. The molecule has 0 saturated heterocycles. The van der Waals surface area contributed by atoms with Gasteiger partial charge in [0.15, 0.2) is 0 Å². The van der Waals surface area contributed by atoms with E-state index in [4.69, 9.17) is 4.74 Å². The van der Waals surface area contributed by atoms with Crippen molar-refractivity contribution < 1.29 is 19.1 Å². The Morgan fingerprint density at radius 3 is 2.37 bits per heavy atom. The third-order valence-electron chi connectivity index (χ3n) is 5.83. The minimum absolute atomic E-state index is 0.137. The largest absolute Gasteiger partial charge is 0.447 e. The molecule has 0 spiro atoms. The van der Waals surface area contributed by atoms with E-state index >= 15 is 0 Å². The van der Waals surface area contributed by atoms with Gasteiger partial charge in [0.25, 0.3) is 11.8 Å². The van der Waals surface area contributed by atoms with Crippen LogP contribution in [0.1, 0.15) is 16.7 Å². The van der Waals surface area contributed by atoms with Crippen LogP contribution in [0, 0.1) is 0 Å². The molecule has 7 nitrogen and oxygen atoms in total. The predicted octanol–water partition coefficient (Wildman–Crippen LogP) is 4.52. The summed E-state index contributed by atoms with van der Waals surface area (Å²) in [5.74, 6) is -0.840. The number of hydrogen-bond donors (Lipinski definition) is 2. The van der Waals surface area contributed by atoms with Crippen molar-refractivity contribution in [2.24, 2.45) is 0 Å². The summed E-state index contributed by atoms with van der Waals surface area (Å²) in [4.78, 5) is 36.3. The Morgan fingerprint density at radius 2 is 1.66 bits per heavy atom. The van der Waals surface area contributed by atoms with E-state index in [-0.39, 0.29) is 6.61 Å². The van der Waals surface area contributed by atoms with Crippen LogP contribution in [0.3, 0.4) is 0 Å². The van der Waals surface area contributed by atoms with Crippen LogP contribution < -0.4 is 10.6 Å². The van der Waals surface area contributed by atoms with Gasteiger partial charge in [-0.3, -0.25) is 20.2 Å². The lowest BCUT2D eigenvalue weighted by molar-refractivity contribution is -0.123. The van der Waals surface area contributed by atoms with Gasteiger partial charge in [0.1, 0.15) is 6.61 Å². The third kappa shape index (κ3) is 4.99. The summed E-state index contributed by atoms with van der Waals surface area (Å²) in [7, 11) is 0. The molecule has 0 atom stereocenters. The number of nitrogens with zero attached hydrogens (tertiary/aromatic N) is 1. The summed E-state index contributed by atoms with van der Waals surface area (Å²) >= 11 is 0. The van der Waals surface area contributed by atoms with Crippen molar-refractivity contribution in [3.8, 4) is 0 Å². The summed E-state index contributed by atoms with van der Waals surface area (Å²) in [5.41, 5.74) is 4.81. The van der Waals surface area contributed by atoms with Gasteiger partial charge in [-0.15, -0.1) is 0 Å². The van der Waals surface area contributed by atoms with Crippen molar-refractivity contribution in [3.63, 3.8) is 0 Å². The van der Waals surface area contributed by atoms with Crippen LogP contribution >= 0.6 is 0 Å². The van der Waals surface area contributed by atoms with Crippen LogP contribution in [0.25, 0.3) is 16.5 Å². The van der Waals surface area contributed by atoms with E-state index in [1.165, 1.54) is 11.6 Å². The van der Waals surface area contributed by atoms with Gasteiger partial charge in [-0.1, -0.05) is 54.6 Å². The molecule has 2 N–H and O–H groups in total. The van der Waals surface area contributed by atoms with E-state index in [0.29, 0.717) is 23.4 Å². The van der Waals surface area contributed by atoms with Gasteiger partial charge in [0, 0.05) is 34.4 Å². The van der Waals surface area contributed by atoms with Gasteiger partial charge >= 0.3 is 6.09 Å². The minimum Gasteiger partial charge on any atom is -0.447 e. The number of ether oxygens (including phenoxy) is 1. The molecule has 1 aliphatic rings. The SMILES string of the molecule is O=C1C=C(c2cn(CCOC(=O)Nc3ccccc3)c3ccc(Cc4ccccc4)cc23)C(=O)N1. The molecule has 0 fully saturated rings. The highest BCUT2D eigenvalue weighted by Gasteiger charge is 2.25. The van der Waals surface area contributed by atoms with E-state index in [2.05, 4.69) is 22.8 Å². The molecule has 7 heteroatoms. The number of nitrogens with one attached hydrogen (secondary N) is 2. The molecule has 3 aromatic carbocycles. The molecule has 3 amide bonds. The Hall–Kier alpha value is -4.65. The van der Waals surface area contributed by atoms with Crippen molar-refractivity contribution in [3.05, 3.63) is 108 Å². The molecular weight excluding hydrogens is 442 g/mol. The number of hydrogen-bond acceptors (Lipinski definition) is 4. The zero-order valence-corrected chi connectivity index (χ0v) is 18.9. The summed E-state index contributed by atoms with van der Waals surface area (Å²) in [6, 6.07) is 25.3. The molecule has 0 unspecified atom stereocenters. The molecule has 1 aliphatic heterocycles. The normalized spacial score (nSPS) is 13.0. The maximum absolute atomic E-state index is 12.4. The second-order valence-electron chi connectivity index (χ2n) is 8.25. The second kappa shape index (κ2) is 9.69. The first kappa shape index (κ1) is 22.2. The molecule has 0 bridgehead atoms. The Kier molecular flexibility index (Phi) is 6.13. The van der Waals surface area contributed by atoms with Gasteiger partial charge in [-0.05, 0) is 41.8 Å². The molecule has 1 aromatic heterocycles. The van der Waals surface area contributed by atoms with Gasteiger partial charge < -0.3 is 9.30 Å². The summed E-state index contributed by atoms with van der Waals surface area (Å²) < 4.78 is 7.29. The van der Waals surface area contributed by atoms with Crippen molar-refractivity contribution >= 4 is 40.1 Å². The molecule has 0 aliphatic carbocycles. The van der Waals surface area contributed by atoms with E-state index in [1.807, 2.05) is 65.4 Å². The lowest BCUT2D eigenvalue weighted by Crippen LogP contribution is -2.21. The zero-order valence-electron chi connectivity index (χ0n) is 18.9. The number of anilines is 1. The quantitative estimate of drug-likeness (QED) is 0.393. The Morgan fingerprint density at radius 1 is 0.914 bits per heavy atom. The molecule has 5 rings (SSSR count). The molecule has 35 heavy (non-hydrogen) atoms. The molecule has 174 valence electrons. The monoisotopic (exact) mass is 465 g/mol. The number of fused-ring (bicyclic) bond motifs is 1. The number of amides is 3. The van der Waals surface area contributed by atoms with E-state index in [9.17, 15) is 14.4 Å². The highest BCUT2D eigenvalue weighted by atomic mass is 16.5. The van der Waals surface area contributed by atoms with Crippen LogP contribution in [0.15, 0.2) is 91.1 Å². The van der Waals surface area contributed by atoms with Crippen molar-refractivity contribution in [1.82, 2.24) is 9.88 Å². The highest BCUT2D eigenvalue weighted by Crippen LogP contribution is 2.30. The smallest absolute Gasteiger partial charge is 0.411 e. The number of imide groups is 1. The third-order valence-corrected chi connectivity index (χ3v) is 5.83. The van der Waals surface area contributed by atoms with Gasteiger partial charge in [0.2, 0.25) is 0 Å². The number of rotatable bonds is 7. The maximum Gasteiger partial charge on any atom is 0.411 e. The molecule has 0 saturated carbocycles. The van der Waals surface area contributed by atoms with Crippen molar-refractivity contribution in [1.29, 1.82) is 0 Å². The fourth-order valence-electron chi connectivity index (χ4n) is 4.21. The van der Waals surface area contributed by atoms with Crippen LogP contribution in [0.4, 0.5) is 10.5 Å². The van der Waals surface area contributed by atoms with Crippen LogP contribution in [-0.4, -0.2) is 29.1 Å². The average molecular weight is 466 g/mol. The van der Waals surface area contributed by atoms with Gasteiger partial charge in [-0.2, -0.15) is 0 Å². The summed E-state index contributed by atoms with van der Waals surface area (Å²) in [6.07, 6.45) is 3.37. The lowest BCUT2D eigenvalue weighted by atomic mass is 10.00. The first-order chi connectivity index (χ1) is 17.1. The molecular formula is C28H23N3O4. The molecule has 2 heterocycles. The average Bonchev–Trinajstić information content (AvgIpc) is 3.38. The van der Waals surface area contributed by atoms with Crippen LogP contribution in [-0.2, 0) is 27.3 Å². The summed E-state index contributed by atoms with van der Waals surface area (Å²) in [5, 5.41) is 5.87. The second-order valence-corrected chi connectivity index (χ2v) is 8.25. The highest BCUT2D eigenvalue weighted by molar-refractivity contribution is 6.35. The van der Waals surface area contributed by atoms with Gasteiger partial charge in [0.05, 0.1) is 12.1 Å². The number of para-hydroxylation sites is 1. The summed E-state index contributed by atoms with van der Waals surface area (Å²) in [6.45, 7) is 0.525. The number of benzene rings is 3. The zero-order chi connectivity index (χ0) is 24.2. The molecule has 4 aromatic rings. The number of carbonyl (C=O) groups is 3. The van der Waals surface area contributed by atoms with Crippen LogP contribution in [0.5, 0.6) is 0 Å². The Labute approximate surface area is 202 Å². The van der Waals surface area contributed by atoms with Crippen molar-refractivity contribution in [2.45, 2.75) is 13.0 Å². The fourth-order valence-corrected chi connectivity index (χ4v) is 4.21. The predicted molar refractivity (Wildman–Crippen MR) is 134 cm³/mol. The number of carbonyl (C=O) groups excluding carboxylic acids is 3. The van der Waals surface area contributed by atoms with Gasteiger partial charge in [-0.25, -0.2) is 4.79 Å². The standard InChI is InChI=1S/C28H23N3O4/c32-26-17-23(27(33)30-26)24-18-31(13-14-35-28(34)29-21-9-5-2-6-10-21)25-12-11-20(16-22(24)25)15-19-7-3-1-4-8-19/h1-12,16-18H,13-15H2,(H,29,34)(H,30,32,33). The fraction of sp³-hybridized carbons (Fsp3) is 0.107. The van der Waals surface area contributed by atoms with Crippen LogP contribution in [0.2, 0.25) is 0 Å². The van der Waals surface area contributed by atoms with E-state index < -0.39 is 17.9 Å².